The molecule has 0 saturated heterocycles. The fourth-order valence-electron chi connectivity index (χ4n) is 2.07. The molecular weight excluding hydrogens is 282 g/mol. The Balaban J connectivity index is 2.13. The monoisotopic (exact) mass is 301 g/mol. The van der Waals surface area contributed by atoms with Gasteiger partial charge in [-0.05, 0) is 18.1 Å². The van der Waals surface area contributed by atoms with E-state index < -0.39 is 17.9 Å². The van der Waals surface area contributed by atoms with Crippen molar-refractivity contribution in [1.82, 2.24) is 15.1 Å². The highest BCUT2D eigenvalue weighted by molar-refractivity contribution is 5.96. The molecule has 1 amide bonds. The molecule has 116 valence electrons. The second-order valence-corrected chi connectivity index (χ2v) is 5.18. The third-order valence-electron chi connectivity index (χ3n) is 3.63. The first kappa shape index (κ1) is 15.8. The second kappa shape index (κ2) is 6.89. The molecule has 1 aromatic heterocycles. The van der Waals surface area contributed by atoms with Crippen molar-refractivity contribution in [3.05, 3.63) is 48.3 Å². The summed E-state index contributed by atoms with van der Waals surface area (Å²) in [5.74, 6) is -1.61. The average Bonchev–Trinajstić information content (AvgIpc) is 3.02. The van der Waals surface area contributed by atoms with E-state index in [-0.39, 0.29) is 5.92 Å². The van der Waals surface area contributed by atoms with Crippen molar-refractivity contribution in [2.75, 3.05) is 0 Å². The molecule has 0 fully saturated rings. The summed E-state index contributed by atoms with van der Waals surface area (Å²) in [6.45, 7) is 3.69. The summed E-state index contributed by atoms with van der Waals surface area (Å²) in [5.41, 5.74) is 1.16. The van der Waals surface area contributed by atoms with Crippen LogP contribution in [0.15, 0.2) is 42.7 Å². The number of aliphatic carboxylic acids is 1. The lowest BCUT2D eigenvalue weighted by atomic mass is 9.99. The third-order valence-corrected chi connectivity index (χ3v) is 3.63. The molecule has 0 bridgehead atoms. The standard InChI is InChI=1S/C16H19N3O3/c1-3-11(2)14(16(21)22)18-15(20)12-9-17-19(10-12)13-7-5-4-6-8-13/h4-11,14H,3H2,1-2H3,(H,18,20)(H,21,22). The van der Waals surface area contributed by atoms with E-state index in [9.17, 15) is 14.7 Å². The highest BCUT2D eigenvalue weighted by atomic mass is 16.4. The smallest absolute Gasteiger partial charge is 0.326 e. The summed E-state index contributed by atoms with van der Waals surface area (Å²) in [6, 6.07) is 8.48. The average molecular weight is 301 g/mol. The number of nitrogens with zero attached hydrogens (tertiary/aromatic N) is 2. The molecule has 2 atom stereocenters. The molecule has 6 heteroatoms. The minimum absolute atomic E-state index is 0.148. The van der Waals surface area contributed by atoms with Gasteiger partial charge in [0.15, 0.2) is 0 Å². The van der Waals surface area contributed by atoms with E-state index in [0.29, 0.717) is 12.0 Å². The van der Waals surface area contributed by atoms with Gasteiger partial charge in [-0.1, -0.05) is 38.5 Å². The van der Waals surface area contributed by atoms with Crippen LogP contribution >= 0.6 is 0 Å². The SMILES string of the molecule is CCC(C)C(NC(=O)c1cnn(-c2ccccc2)c1)C(=O)O. The number of hydrogen-bond acceptors (Lipinski definition) is 3. The summed E-state index contributed by atoms with van der Waals surface area (Å²) >= 11 is 0. The van der Waals surface area contributed by atoms with E-state index in [1.165, 1.54) is 6.20 Å². The Kier molecular flexibility index (Phi) is 4.93. The van der Waals surface area contributed by atoms with Crippen LogP contribution in [0.2, 0.25) is 0 Å². The van der Waals surface area contributed by atoms with Gasteiger partial charge in [-0.25, -0.2) is 9.48 Å². The van der Waals surface area contributed by atoms with Gasteiger partial charge in [-0.3, -0.25) is 4.79 Å². The summed E-state index contributed by atoms with van der Waals surface area (Å²) in [4.78, 5) is 23.5. The maximum Gasteiger partial charge on any atom is 0.326 e. The number of para-hydroxylation sites is 1. The Hall–Kier alpha value is -2.63. The molecule has 2 unspecified atom stereocenters. The molecule has 1 heterocycles. The summed E-state index contributed by atoms with van der Waals surface area (Å²) in [7, 11) is 0. The Morgan fingerprint density at radius 1 is 1.32 bits per heavy atom. The summed E-state index contributed by atoms with van der Waals surface area (Å²) < 4.78 is 1.58. The van der Waals surface area contributed by atoms with E-state index in [1.807, 2.05) is 37.3 Å². The van der Waals surface area contributed by atoms with Crippen LogP contribution in [0.3, 0.4) is 0 Å². The van der Waals surface area contributed by atoms with Crippen LogP contribution in [0, 0.1) is 5.92 Å². The second-order valence-electron chi connectivity index (χ2n) is 5.18. The summed E-state index contributed by atoms with van der Waals surface area (Å²) in [6.07, 6.45) is 3.68. The van der Waals surface area contributed by atoms with Crippen molar-refractivity contribution >= 4 is 11.9 Å². The number of carbonyl (C=O) groups excluding carboxylic acids is 1. The van der Waals surface area contributed by atoms with Gasteiger partial charge >= 0.3 is 5.97 Å². The largest absolute Gasteiger partial charge is 0.480 e. The van der Waals surface area contributed by atoms with Gasteiger partial charge in [0.05, 0.1) is 17.4 Å². The normalized spacial score (nSPS) is 13.4. The van der Waals surface area contributed by atoms with Gasteiger partial charge in [0, 0.05) is 6.20 Å². The molecule has 0 spiro atoms. The maximum absolute atomic E-state index is 12.2. The van der Waals surface area contributed by atoms with Crippen molar-refractivity contribution in [3.63, 3.8) is 0 Å². The van der Waals surface area contributed by atoms with Crippen LogP contribution < -0.4 is 5.32 Å². The summed E-state index contributed by atoms with van der Waals surface area (Å²) in [5, 5.41) is 15.9. The van der Waals surface area contributed by atoms with E-state index >= 15 is 0 Å². The Labute approximate surface area is 128 Å². The Morgan fingerprint density at radius 3 is 2.59 bits per heavy atom. The van der Waals surface area contributed by atoms with Crippen LogP contribution in [-0.4, -0.2) is 32.8 Å². The van der Waals surface area contributed by atoms with Crippen LogP contribution in [0.1, 0.15) is 30.6 Å². The zero-order valence-corrected chi connectivity index (χ0v) is 12.6. The molecular formula is C16H19N3O3. The molecule has 0 saturated carbocycles. The highest BCUT2D eigenvalue weighted by Gasteiger charge is 2.26. The number of carbonyl (C=O) groups is 2. The van der Waals surface area contributed by atoms with Crippen LogP contribution in [0.25, 0.3) is 5.69 Å². The number of nitrogens with one attached hydrogen (secondary N) is 1. The number of rotatable bonds is 6. The van der Waals surface area contributed by atoms with Gasteiger partial charge < -0.3 is 10.4 Å². The quantitative estimate of drug-likeness (QED) is 0.855. The minimum Gasteiger partial charge on any atom is -0.480 e. The van der Waals surface area contributed by atoms with E-state index in [0.717, 1.165) is 5.69 Å². The molecule has 0 radical (unpaired) electrons. The number of amides is 1. The van der Waals surface area contributed by atoms with Crippen molar-refractivity contribution in [2.24, 2.45) is 5.92 Å². The Bertz CT molecular complexity index is 652. The minimum atomic E-state index is -1.03. The molecule has 6 nitrogen and oxygen atoms in total. The zero-order valence-electron chi connectivity index (χ0n) is 12.6. The molecule has 0 aliphatic heterocycles. The number of carboxylic acid groups (broad SMARTS) is 1. The van der Waals surface area contributed by atoms with Gasteiger partial charge in [0.25, 0.3) is 5.91 Å². The van der Waals surface area contributed by atoms with Crippen molar-refractivity contribution in [1.29, 1.82) is 0 Å². The van der Waals surface area contributed by atoms with Gasteiger partial charge in [-0.2, -0.15) is 5.10 Å². The number of aromatic nitrogens is 2. The number of carboxylic acids is 1. The van der Waals surface area contributed by atoms with Gasteiger partial charge in [-0.15, -0.1) is 0 Å². The lowest BCUT2D eigenvalue weighted by molar-refractivity contribution is -0.140. The lowest BCUT2D eigenvalue weighted by Gasteiger charge is -2.19. The first-order valence-electron chi connectivity index (χ1n) is 7.16. The van der Waals surface area contributed by atoms with E-state index in [1.54, 1.807) is 17.8 Å². The zero-order chi connectivity index (χ0) is 16.1. The molecule has 2 aromatic rings. The molecule has 22 heavy (non-hydrogen) atoms. The predicted octanol–water partition coefficient (Wildman–Crippen LogP) is 2.10. The Morgan fingerprint density at radius 2 is 2.00 bits per heavy atom. The van der Waals surface area contributed by atoms with E-state index in [2.05, 4.69) is 10.4 Å². The molecule has 1 aromatic carbocycles. The molecule has 0 aliphatic rings. The van der Waals surface area contributed by atoms with Crippen molar-refractivity contribution in [2.45, 2.75) is 26.3 Å². The lowest BCUT2D eigenvalue weighted by Crippen LogP contribution is -2.44. The first-order chi connectivity index (χ1) is 10.5. The highest BCUT2D eigenvalue weighted by Crippen LogP contribution is 2.11. The third kappa shape index (κ3) is 3.52. The van der Waals surface area contributed by atoms with E-state index in [4.69, 9.17) is 0 Å². The predicted molar refractivity (Wildman–Crippen MR) is 81.9 cm³/mol. The number of benzene rings is 1. The maximum atomic E-state index is 12.2. The topological polar surface area (TPSA) is 84.2 Å². The fraction of sp³-hybridized carbons (Fsp3) is 0.312. The van der Waals surface area contributed by atoms with Gasteiger partial charge in [0.1, 0.15) is 6.04 Å². The first-order valence-corrected chi connectivity index (χ1v) is 7.16. The van der Waals surface area contributed by atoms with Crippen LogP contribution in [-0.2, 0) is 4.79 Å². The molecule has 2 rings (SSSR count). The van der Waals surface area contributed by atoms with Gasteiger partial charge in [0.2, 0.25) is 0 Å². The number of hydrogen-bond donors (Lipinski definition) is 2. The van der Waals surface area contributed by atoms with Crippen LogP contribution in [0.4, 0.5) is 0 Å². The van der Waals surface area contributed by atoms with Crippen LogP contribution in [0.5, 0.6) is 0 Å². The fourth-order valence-corrected chi connectivity index (χ4v) is 2.07. The van der Waals surface area contributed by atoms with Crippen molar-refractivity contribution < 1.29 is 14.7 Å². The molecule has 0 aliphatic carbocycles. The van der Waals surface area contributed by atoms with Crippen molar-refractivity contribution in [3.8, 4) is 5.69 Å². The molecule has 2 N–H and O–H groups in total.